The number of carboxylic acid groups (broad SMARTS) is 1. The SMILES string of the molecule is COc1cc(/C=C/C(=O)O[C@H](Cc2ccc(O)c(O)c2)C(=O)O)ccc1O. The lowest BCUT2D eigenvalue weighted by molar-refractivity contribution is -0.160. The fraction of sp³-hybridized carbons (Fsp3) is 0.158. The van der Waals surface area contributed by atoms with Gasteiger partial charge in [0.25, 0.3) is 0 Å². The van der Waals surface area contributed by atoms with Gasteiger partial charge < -0.3 is 29.9 Å². The first-order chi connectivity index (χ1) is 12.8. The van der Waals surface area contributed by atoms with Gasteiger partial charge in [-0.1, -0.05) is 12.1 Å². The monoisotopic (exact) mass is 374 g/mol. The summed E-state index contributed by atoms with van der Waals surface area (Å²) in [5.74, 6) is -2.80. The Morgan fingerprint density at radius 3 is 2.37 bits per heavy atom. The fourth-order valence-electron chi connectivity index (χ4n) is 2.23. The van der Waals surface area contributed by atoms with E-state index in [1.165, 1.54) is 49.6 Å². The Labute approximate surface area is 154 Å². The number of carboxylic acids is 1. The van der Waals surface area contributed by atoms with E-state index in [0.717, 1.165) is 6.08 Å². The average Bonchev–Trinajstić information content (AvgIpc) is 2.63. The van der Waals surface area contributed by atoms with Crippen molar-refractivity contribution in [2.75, 3.05) is 7.11 Å². The predicted octanol–water partition coefficient (Wildman–Crippen LogP) is 2.06. The number of methoxy groups -OCH3 is 1. The first kappa shape index (κ1) is 19.6. The summed E-state index contributed by atoms with van der Waals surface area (Å²) in [6.45, 7) is 0. The molecule has 2 aromatic rings. The van der Waals surface area contributed by atoms with Crippen LogP contribution in [0.25, 0.3) is 6.08 Å². The van der Waals surface area contributed by atoms with Crippen LogP contribution in [-0.2, 0) is 20.7 Å². The Balaban J connectivity index is 2.06. The number of phenolic OH excluding ortho intramolecular Hbond substituents is 3. The van der Waals surface area contributed by atoms with Gasteiger partial charge in [-0.15, -0.1) is 0 Å². The van der Waals surface area contributed by atoms with Crippen molar-refractivity contribution in [3.63, 3.8) is 0 Å². The summed E-state index contributed by atoms with van der Waals surface area (Å²) in [7, 11) is 1.38. The number of esters is 1. The van der Waals surface area contributed by atoms with E-state index in [2.05, 4.69) is 0 Å². The second kappa shape index (κ2) is 8.61. The van der Waals surface area contributed by atoms with E-state index in [-0.39, 0.29) is 23.7 Å². The molecule has 0 amide bonds. The number of ether oxygens (including phenoxy) is 2. The highest BCUT2D eigenvalue weighted by atomic mass is 16.6. The molecule has 2 aromatic carbocycles. The van der Waals surface area contributed by atoms with Crippen molar-refractivity contribution < 1.29 is 39.5 Å². The molecule has 0 radical (unpaired) electrons. The normalized spacial score (nSPS) is 11.9. The number of rotatable bonds is 7. The molecule has 0 bridgehead atoms. The average molecular weight is 374 g/mol. The first-order valence-corrected chi connectivity index (χ1v) is 7.79. The number of hydrogen-bond donors (Lipinski definition) is 4. The summed E-state index contributed by atoms with van der Waals surface area (Å²) < 4.78 is 9.89. The zero-order valence-corrected chi connectivity index (χ0v) is 14.3. The molecule has 0 aliphatic rings. The molecule has 0 aliphatic heterocycles. The second-order valence-corrected chi connectivity index (χ2v) is 5.56. The largest absolute Gasteiger partial charge is 0.504 e. The molecule has 0 aliphatic carbocycles. The molecule has 4 N–H and O–H groups in total. The van der Waals surface area contributed by atoms with Crippen LogP contribution in [0, 0.1) is 0 Å². The lowest BCUT2D eigenvalue weighted by atomic mass is 10.1. The quantitative estimate of drug-likeness (QED) is 0.329. The van der Waals surface area contributed by atoms with E-state index in [9.17, 15) is 30.0 Å². The molecule has 0 heterocycles. The highest BCUT2D eigenvalue weighted by Gasteiger charge is 2.22. The Bertz CT molecular complexity index is 872. The second-order valence-electron chi connectivity index (χ2n) is 5.56. The maximum Gasteiger partial charge on any atom is 0.345 e. The van der Waals surface area contributed by atoms with E-state index in [1.54, 1.807) is 0 Å². The van der Waals surface area contributed by atoms with Gasteiger partial charge in [0.15, 0.2) is 23.0 Å². The highest BCUT2D eigenvalue weighted by molar-refractivity contribution is 5.89. The number of aromatic hydroxyl groups is 3. The van der Waals surface area contributed by atoms with Crippen LogP contribution in [0.1, 0.15) is 11.1 Å². The number of benzene rings is 2. The Hall–Kier alpha value is -3.68. The Morgan fingerprint density at radius 1 is 1.04 bits per heavy atom. The summed E-state index contributed by atoms with van der Waals surface area (Å²) in [5.41, 5.74) is 0.912. The van der Waals surface area contributed by atoms with Gasteiger partial charge in [-0.2, -0.15) is 0 Å². The fourth-order valence-corrected chi connectivity index (χ4v) is 2.23. The first-order valence-electron chi connectivity index (χ1n) is 7.79. The summed E-state index contributed by atoms with van der Waals surface area (Å²) in [6.07, 6.45) is 0.780. The molecule has 142 valence electrons. The third-order valence-corrected chi connectivity index (χ3v) is 3.61. The molecule has 2 rings (SSSR count). The summed E-state index contributed by atoms with van der Waals surface area (Å²) in [6, 6.07) is 8.24. The van der Waals surface area contributed by atoms with Gasteiger partial charge >= 0.3 is 11.9 Å². The van der Waals surface area contributed by atoms with Crippen LogP contribution in [0.2, 0.25) is 0 Å². The van der Waals surface area contributed by atoms with Gasteiger partial charge in [-0.25, -0.2) is 9.59 Å². The Morgan fingerprint density at radius 2 is 1.74 bits per heavy atom. The molecule has 0 saturated heterocycles. The van der Waals surface area contributed by atoms with Crippen molar-refractivity contribution in [3.8, 4) is 23.0 Å². The summed E-state index contributed by atoms with van der Waals surface area (Å²) >= 11 is 0. The number of aliphatic carboxylic acids is 1. The van der Waals surface area contributed by atoms with Crippen LogP contribution >= 0.6 is 0 Å². The van der Waals surface area contributed by atoms with Crippen molar-refractivity contribution in [2.45, 2.75) is 12.5 Å². The molecule has 8 nitrogen and oxygen atoms in total. The van der Waals surface area contributed by atoms with Crippen LogP contribution in [-0.4, -0.2) is 45.6 Å². The smallest absolute Gasteiger partial charge is 0.345 e. The van der Waals surface area contributed by atoms with Crippen molar-refractivity contribution in [1.82, 2.24) is 0 Å². The van der Waals surface area contributed by atoms with Crippen LogP contribution in [0.4, 0.5) is 0 Å². The van der Waals surface area contributed by atoms with Crippen LogP contribution in [0.5, 0.6) is 23.0 Å². The third kappa shape index (κ3) is 5.40. The number of phenols is 3. The molecular formula is C19H18O8. The molecule has 0 unspecified atom stereocenters. The van der Waals surface area contributed by atoms with Gasteiger partial charge in [0, 0.05) is 12.5 Å². The molecule has 0 spiro atoms. The molecule has 0 saturated carbocycles. The van der Waals surface area contributed by atoms with E-state index in [0.29, 0.717) is 11.1 Å². The minimum absolute atomic E-state index is 0.0553. The van der Waals surface area contributed by atoms with Gasteiger partial charge in [-0.3, -0.25) is 0 Å². The summed E-state index contributed by atoms with van der Waals surface area (Å²) in [5, 5.41) is 37.5. The van der Waals surface area contributed by atoms with Crippen molar-refractivity contribution >= 4 is 18.0 Å². The molecule has 1 atom stereocenters. The predicted molar refractivity (Wildman–Crippen MR) is 94.7 cm³/mol. The summed E-state index contributed by atoms with van der Waals surface area (Å²) in [4.78, 5) is 23.3. The maximum atomic E-state index is 11.9. The number of hydrogen-bond acceptors (Lipinski definition) is 7. The van der Waals surface area contributed by atoms with Crippen LogP contribution < -0.4 is 4.74 Å². The molecule has 8 heteroatoms. The van der Waals surface area contributed by atoms with E-state index < -0.39 is 23.8 Å². The zero-order chi connectivity index (χ0) is 20.0. The molecule has 0 fully saturated rings. The minimum Gasteiger partial charge on any atom is -0.504 e. The van der Waals surface area contributed by atoms with Gasteiger partial charge in [0.1, 0.15) is 0 Å². The van der Waals surface area contributed by atoms with Crippen LogP contribution in [0.3, 0.4) is 0 Å². The number of carbonyl (C=O) groups is 2. The van der Waals surface area contributed by atoms with Gasteiger partial charge in [-0.05, 0) is 41.5 Å². The van der Waals surface area contributed by atoms with E-state index in [4.69, 9.17) is 9.47 Å². The maximum absolute atomic E-state index is 11.9. The van der Waals surface area contributed by atoms with E-state index >= 15 is 0 Å². The lowest BCUT2D eigenvalue weighted by Gasteiger charge is -2.13. The van der Waals surface area contributed by atoms with Crippen LogP contribution in [0.15, 0.2) is 42.5 Å². The van der Waals surface area contributed by atoms with Crippen molar-refractivity contribution in [1.29, 1.82) is 0 Å². The third-order valence-electron chi connectivity index (χ3n) is 3.61. The standard InChI is InChI=1S/C19H18O8/c1-26-16-9-11(2-6-14(16)21)4-7-18(23)27-17(19(24)25)10-12-3-5-13(20)15(22)8-12/h2-9,17,20-22H,10H2,1H3,(H,24,25)/b7-4+/t17-/m1/s1. The molecular weight excluding hydrogens is 356 g/mol. The number of carbonyl (C=O) groups excluding carboxylic acids is 1. The van der Waals surface area contributed by atoms with Gasteiger partial charge in [0.05, 0.1) is 7.11 Å². The van der Waals surface area contributed by atoms with E-state index in [1.807, 2.05) is 0 Å². The topological polar surface area (TPSA) is 134 Å². The van der Waals surface area contributed by atoms with Crippen molar-refractivity contribution in [3.05, 3.63) is 53.6 Å². The van der Waals surface area contributed by atoms with Gasteiger partial charge in [0.2, 0.25) is 6.10 Å². The zero-order valence-electron chi connectivity index (χ0n) is 14.3. The molecule has 27 heavy (non-hydrogen) atoms. The minimum atomic E-state index is -1.47. The molecule has 0 aromatic heterocycles. The highest BCUT2D eigenvalue weighted by Crippen LogP contribution is 2.27. The lowest BCUT2D eigenvalue weighted by Crippen LogP contribution is -2.28. The van der Waals surface area contributed by atoms with Crippen molar-refractivity contribution in [2.24, 2.45) is 0 Å². The Kier molecular flexibility index (Phi) is 6.27.